The molecule has 0 saturated carbocycles. The van der Waals surface area contributed by atoms with Crippen LogP contribution in [-0.4, -0.2) is 36.5 Å². The van der Waals surface area contributed by atoms with Crippen LogP contribution in [0.25, 0.3) is 0 Å². The zero-order chi connectivity index (χ0) is 10.6. The van der Waals surface area contributed by atoms with Gasteiger partial charge in [-0.05, 0) is 25.7 Å². The standard InChI is InChI=1S/C11H23NO2/c1-8(2)11-6-10(4-5-14-11)12-7-9(3)13/h8-13H,4-7H2,1-3H3. The monoisotopic (exact) mass is 201 g/mol. The molecule has 14 heavy (non-hydrogen) atoms. The van der Waals surface area contributed by atoms with Crippen molar-refractivity contribution < 1.29 is 9.84 Å². The van der Waals surface area contributed by atoms with Crippen molar-refractivity contribution >= 4 is 0 Å². The highest BCUT2D eigenvalue weighted by molar-refractivity contribution is 4.78. The summed E-state index contributed by atoms with van der Waals surface area (Å²) in [6.07, 6.45) is 2.27. The van der Waals surface area contributed by atoms with E-state index >= 15 is 0 Å². The fourth-order valence-corrected chi connectivity index (χ4v) is 1.82. The van der Waals surface area contributed by atoms with Crippen LogP contribution >= 0.6 is 0 Å². The number of nitrogens with one attached hydrogen (secondary N) is 1. The number of aliphatic hydroxyl groups is 1. The van der Waals surface area contributed by atoms with E-state index in [4.69, 9.17) is 9.84 Å². The second-order valence-corrected chi connectivity index (χ2v) is 4.63. The molecule has 0 bridgehead atoms. The topological polar surface area (TPSA) is 41.5 Å². The molecule has 0 aromatic rings. The van der Waals surface area contributed by atoms with Gasteiger partial charge in [0.15, 0.2) is 0 Å². The highest BCUT2D eigenvalue weighted by Crippen LogP contribution is 2.19. The van der Waals surface area contributed by atoms with Crippen LogP contribution in [0.2, 0.25) is 0 Å². The van der Waals surface area contributed by atoms with E-state index in [1.165, 1.54) is 0 Å². The number of ether oxygens (including phenoxy) is 1. The van der Waals surface area contributed by atoms with Gasteiger partial charge in [-0.15, -0.1) is 0 Å². The maximum atomic E-state index is 9.16. The minimum atomic E-state index is -0.254. The minimum absolute atomic E-state index is 0.254. The van der Waals surface area contributed by atoms with Gasteiger partial charge in [-0.1, -0.05) is 13.8 Å². The van der Waals surface area contributed by atoms with Crippen LogP contribution in [0.15, 0.2) is 0 Å². The molecule has 3 atom stereocenters. The molecule has 1 rings (SSSR count). The molecular formula is C11H23NO2. The molecule has 2 N–H and O–H groups in total. The Morgan fingerprint density at radius 3 is 2.71 bits per heavy atom. The Morgan fingerprint density at radius 1 is 1.43 bits per heavy atom. The summed E-state index contributed by atoms with van der Waals surface area (Å²) in [5, 5.41) is 12.5. The molecule has 3 heteroatoms. The van der Waals surface area contributed by atoms with Crippen molar-refractivity contribution in [1.29, 1.82) is 0 Å². The van der Waals surface area contributed by atoms with Crippen LogP contribution in [0.3, 0.4) is 0 Å². The largest absolute Gasteiger partial charge is 0.392 e. The normalized spacial score (nSPS) is 30.6. The molecule has 0 aromatic carbocycles. The van der Waals surface area contributed by atoms with Gasteiger partial charge in [-0.2, -0.15) is 0 Å². The van der Waals surface area contributed by atoms with Gasteiger partial charge in [0.05, 0.1) is 12.2 Å². The van der Waals surface area contributed by atoms with E-state index in [-0.39, 0.29) is 6.10 Å². The third-order valence-corrected chi connectivity index (χ3v) is 2.76. The van der Waals surface area contributed by atoms with E-state index in [0.29, 0.717) is 24.6 Å². The summed E-state index contributed by atoms with van der Waals surface area (Å²) in [4.78, 5) is 0. The second-order valence-electron chi connectivity index (χ2n) is 4.63. The first kappa shape index (κ1) is 12.0. The molecule has 1 aliphatic rings. The van der Waals surface area contributed by atoms with E-state index in [2.05, 4.69) is 19.2 Å². The molecule has 0 aromatic heterocycles. The molecule has 0 amide bonds. The van der Waals surface area contributed by atoms with Gasteiger partial charge in [0.1, 0.15) is 0 Å². The molecule has 1 saturated heterocycles. The predicted molar refractivity (Wildman–Crippen MR) is 57.3 cm³/mol. The summed E-state index contributed by atoms with van der Waals surface area (Å²) in [5.41, 5.74) is 0. The third-order valence-electron chi connectivity index (χ3n) is 2.76. The van der Waals surface area contributed by atoms with Gasteiger partial charge in [0.25, 0.3) is 0 Å². The van der Waals surface area contributed by atoms with E-state index in [1.807, 2.05) is 6.92 Å². The van der Waals surface area contributed by atoms with Crippen molar-refractivity contribution in [3.8, 4) is 0 Å². The van der Waals surface area contributed by atoms with E-state index < -0.39 is 0 Å². The maximum absolute atomic E-state index is 9.16. The van der Waals surface area contributed by atoms with Gasteiger partial charge in [-0.3, -0.25) is 0 Å². The van der Waals surface area contributed by atoms with E-state index in [9.17, 15) is 0 Å². The van der Waals surface area contributed by atoms with Gasteiger partial charge < -0.3 is 15.2 Å². The molecule has 1 heterocycles. The van der Waals surface area contributed by atoms with Crippen LogP contribution < -0.4 is 5.32 Å². The smallest absolute Gasteiger partial charge is 0.0636 e. The van der Waals surface area contributed by atoms with Gasteiger partial charge in [0, 0.05) is 19.2 Å². The van der Waals surface area contributed by atoms with Crippen molar-refractivity contribution in [1.82, 2.24) is 5.32 Å². The Balaban J connectivity index is 2.25. The van der Waals surface area contributed by atoms with Crippen molar-refractivity contribution in [3.05, 3.63) is 0 Å². The molecule has 0 aliphatic carbocycles. The van der Waals surface area contributed by atoms with Crippen LogP contribution in [-0.2, 0) is 4.74 Å². The molecular weight excluding hydrogens is 178 g/mol. The number of aliphatic hydroxyl groups excluding tert-OH is 1. The number of rotatable bonds is 4. The Bertz CT molecular complexity index is 159. The molecule has 3 unspecified atom stereocenters. The molecule has 3 nitrogen and oxygen atoms in total. The number of hydrogen-bond acceptors (Lipinski definition) is 3. The molecule has 1 aliphatic heterocycles. The first-order valence-corrected chi connectivity index (χ1v) is 5.62. The summed E-state index contributed by atoms with van der Waals surface area (Å²) in [7, 11) is 0. The van der Waals surface area contributed by atoms with Crippen molar-refractivity contribution in [2.45, 2.75) is 51.9 Å². The second kappa shape index (κ2) is 5.69. The zero-order valence-corrected chi connectivity index (χ0v) is 9.49. The average molecular weight is 201 g/mol. The van der Waals surface area contributed by atoms with Crippen LogP contribution in [0.5, 0.6) is 0 Å². The zero-order valence-electron chi connectivity index (χ0n) is 9.49. The summed E-state index contributed by atoms with van der Waals surface area (Å²) in [6.45, 7) is 7.74. The van der Waals surface area contributed by atoms with Gasteiger partial charge in [-0.25, -0.2) is 0 Å². The lowest BCUT2D eigenvalue weighted by Crippen LogP contribution is -2.43. The lowest BCUT2D eigenvalue weighted by molar-refractivity contribution is -0.0255. The minimum Gasteiger partial charge on any atom is -0.392 e. The lowest BCUT2D eigenvalue weighted by atomic mass is 9.95. The van der Waals surface area contributed by atoms with Crippen molar-refractivity contribution in [2.24, 2.45) is 5.92 Å². The van der Waals surface area contributed by atoms with Crippen molar-refractivity contribution in [3.63, 3.8) is 0 Å². The third kappa shape index (κ3) is 3.95. The fourth-order valence-electron chi connectivity index (χ4n) is 1.82. The molecule has 0 spiro atoms. The summed E-state index contributed by atoms with van der Waals surface area (Å²) < 4.78 is 5.67. The van der Waals surface area contributed by atoms with Crippen LogP contribution in [0.1, 0.15) is 33.6 Å². The van der Waals surface area contributed by atoms with Crippen molar-refractivity contribution in [2.75, 3.05) is 13.2 Å². The quantitative estimate of drug-likeness (QED) is 0.717. The van der Waals surface area contributed by atoms with E-state index in [1.54, 1.807) is 0 Å². The summed E-state index contributed by atoms with van der Waals surface area (Å²) in [5.74, 6) is 0.589. The SMILES string of the molecule is CC(O)CNC1CCOC(C(C)C)C1. The predicted octanol–water partition coefficient (Wildman–Crippen LogP) is 1.16. The van der Waals surface area contributed by atoms with Gasteiger partial charge in [0.2, 0.25) is 0 Å². The Morgan fingerprint density at radius 2 is 2.14 bits per heavy atom. The van der Waals surface area contributed by atoms with Crippen LogP contribution in [0.4, 0.5) is 0 Å². The average Bonchev–Trinajstić information content (AvgIpc) is 2.15. The van der Waals surface area contributed by atoms with Gasteiger partial charge >= 0.3 is 0 Å². The summed E-state index contributed by atoms with van der Waals surface area (Å²) >= 11 is 0. The highest BCUT2D eigenvalue weighted by Gasteiger charge is 2.24. The highest BCUT2D eigenvalue weighted by atomic mass is 16.5. The van der Waals surface area contributed by atoms with E-state index in [0.717, 1.165) is 19.4 Å². The first-order valence-electron chi connectivity index (χ1n) is 5.62. The Labute approximate surface area is 86.8 Å². The molecule has 0 radical (unpaired) electrons. The fraction of sp³-hybridized carbons (Fsp3) is 1.00. The number of hydrogen-bond donors (Lipinski definition) is 2. The van der Waals surface area contributed by atoms with Crippen LogP contribution in [0, 0.1) is 5.92 Å². The molecule has 1 fully saturated rings. The molecule has 84 valence electrons. The Hall–Kier alpha value is -0.120. The lowest BCUT2D eigenvalue weighted by Gasteiger charge is -2.32. The maximum Gasteiger partial charge on any atom is 0.0636 e. The Kier molecular flexibility index (Phi) is 4.85. The summed E-state index contributed by atoms with van der Waals surface area (Å²) in [6, 6.07) is 0.519. The first-order chi connectivity index (χ1) is 6.59.